The SMILES string of the molecule is O=C(Cc1ccc(-c2ccccc2)cc1)NNC(=O)c1ccc(-n2cnnn2)cc1. The molecule has 148 valence electrons. The smallest absolute Gasteiger partial charge is 0.269 e. The van der Waals surface area contributed by atoms with Crippen LogP contribution in [0.1, 0.15) is 15.9 Å². The minimum Gasteiger partial charge on any atom is -0.273 e. The second-order valence-corrected chi connectivity index (χ2v) is 6.54. The third-order valence-corrected chi connectivity index (χ3v) is 4.48. The van der Waals surface area contributed by atoms with Crippen LogP contribution in [0.4, 0.5) is 0 Å². The van der Waals surface area contributed by atoms with Gasteiger partial charge in [-0.2, -0.15) is 0 Å². The highest BCUT2D eigenvalue weighted by Crippen LogP contribution is 2.19. The zero-order valence-electron chi connectivity index (χ0n) is 15.9. The maximum absolute atomic E-state index is 12.2. The van der Waals surface area contributed by atoms with E-state index < -0.39 is 5.91 Å². The lowest BCUT2D eigenvalue weighted by molar-refractivity contribution is -0.121. The Balaban J connectivity index is 1.29. The van der Waals surface area contributed by atoms with Gasteiger partial charge in [-0.3, -0.25) is 20.4 Å². The van der Waals surface area contributed by atoms with Gasteiger partial charge in [0, 0.05) is 5.56 Å². The van der Waals surface area contributed by atoms with E-state index in [0.29, 0.717) is 5.56 Å². The number of benzene rings is 3. The van der Waals surface area contributed by atoms with Crippen LogP contribution in [-0.2, 0) is 11.2 Å². The van der Waals surface area contributed by atoms with E-state index >= 15 is 0 Å². The summed E-state index contributed by atoms with van der Waals surface area (Å²) in [6.07, 6.45) is 1.62. The predicted octanol–water partition coefficient (Wildman–Crippen LogP) is 2.33. The third-order valence-electron chi connectivity index (χ3n) is 4.48. The molecule has 0 saturated heterocycles. The fourth-order valence-corrected chi connectivity index (χ4v) is 2.92. The topological polar surface area (TPSA) is 102 Å². The number of amides is 2. The van der Waals surface area contributed by atoms with Gasteiger partial charge in [-0.05, 0) is 51.4 Å². The maximum atomic E-state index is 12.2. The Bertz CT molecular complexity index is 1120. The number of nitrogens with one attached hydrogen (secondary N) is 2. The van der Waals surface area contributed by atoms with Crippen LogP contribution in [0.3, 0.4) is 0 Å². The summed E-state index contributed by atoms with van der Waals surface area (Å²) in [5.41, 5.74) is 9.04. The zero-order chi connectivity index (χ0) is 20.8. The monoisotopic (exact) mass is 398 g/mol. The van der Waals surface area contributed by atoms with Crippen molar-refractivity contribution in [2.45, 2.75) is 6.42 Å². The Morgan fingerprint density at radius 3 is 2.17 bits per heavy atom. The highest BCUT2D eigenvalue weighted by Gasteiger charge is 2.09. The molecule has 4 aromatic rings. The second kappa shape index (κ2) is 8.78. The van der Waals surface area contributed by atoms with E-state index in [2.05, 4.69) is 26.4 Å². The minimum atomic E-state index is -0.411. The molecule has 0 saturated carbocycles. The van der Waals surface area contributed by atoms with E-state index in [1.165, 1.54) is 11.0 Å². The minimum absolute atomic E-state index is 0.160. The number of aromatic nitrogens is 4. The summed E-state index contributed by atoms with van der Waals surface area (Å²) < 4.78 is 1.48. The van der Waals surface area contributed by atoms with Crippen molar-refractivity contribution < 1.29 is 9.59 Å². The van der Waals surface area contributed by atoms with Crippen molar-refractivity contribution in [3.63, 3.8) is 0 Å². The summed E-state index contributed by atoms with van der Waals surface area (Å²) in [5.74, 6) is -0.716. The van der Waals surface area contributed by atoms with Crippen LogP contribution in [0.15, 0.2) is 85.2 Å². The van der Waals surface area contributed by atoms with Gasteiger partial charge in [-0.25, -0.2) is 4.68 Å². The number of tetrazole rings is 1. The van der Waals surface area contributed by atoms with E-state index in [1.807, 2.05) is 54.6 Å². The largest absolute Gasteiger partial charge is 0.273 e. The molecule has 2 N–H and O–H groups in total. The van der Waals surface area contributed by atoms with Crippen molar-refractivity contribution in [3.05, 3.63) is 96.3 Å². The number of hydrogen-bond donors (Lipinski definition) is 2. The molecule has 3 aromatic carbocycles. The van der Waals surface area contributed by atoms with Crippen LogP contribution in [-0.4, -0.2) is 32.0 Å². The number of carbonyl (C=O) groups is 2. The summed E-state index contributed by atoms with van der Waals surface area (Å²) in [6, 6.07) is 24.4. The standard InChI is InChI=1S/C22H18N6O2/c29-21(14-16-6-8-18(9-7-16)17-4-2-1-3-5-17)24-25-22(30)19-10-12-20(13-11-19)28-15-23-26-27-28/h1-13,15H,14H2,(H,24,29)(H,25,30). The Morgan fingerprint density at radius 1 is 0.800 bits per heavy atom. The average Bonchev–Trinajstić information content (AvgIpc) is 3.34. The Morgan fingerprint density at radius 2 is 1.50 bits per heavy atom. The van der Waals surface area contributed by atoms with Crippen LogP contribution in [0, 0.1) is 0 Å². The molecule has 8 heteroatoms. The van der Waals surface area contributed by atoms with Crippen molar-refractivity contribution in [1.82, 2.24) is 31.1 Å². The average molecular weight is 398 g/mol. The first-order valence-electron chi connectivity index (χ1n) is 9.26. The van der Waals surface area contributed by atoms with Crippen molar-refractivity contribution >= 4 is 11.8 Å². The maximum Gasteiger partial charge on any atom is 0.269 e. The van der Waals surface area contributed by atoms with Crippen LogP contribution >= 0.6 is 0 Å². The van der Waals surface area contributed by atoms with Crippen LogP contribution < -0.4 is 10.9 Å². The molecule has 0 fully saturated rings. The number of hydrazine groups is 1. The molecule has 1 aromatic heterocycles. The molecule has 0 bridgehead atoms. The predicted molar refractivity (Wildman–Crippen MR) is 110 cm³/mol. The van der Waals surface area contributed by atoms with Crippen molar-refractivity contribution in [2.75, 3.05) is 0 Å². The Labute approximate surface area is 172 Å². The molecule has 2 amide bonds. The lowest BCUT2D eigenvalue weighted by atomic mass is 10.0. The van der Waals surface area contributed by atoms with Gasteiger partial charge in [0.05, 0.1) is 12.1 Å². The number of carbonyl (C=O) groups excluding carboxylic acids is 2. The lowest BCUT2D eigenvalue weighted by Crippen LogP contribution is -2.42. The molecule has 4 rings (SSSR count). The Hall–Kier alpha value is -4.33. The van der Waals surface area contributed by atoms with Gasteiger partial charge in [-0.1, -0.05) is 54.6 Å². The van der Waals surface area contributed by atoms with E-state index in [4.69, 9.17) is 0 Å². The quantitative estimate of drug-likeness (QED) is 0.503. The van der Waals surface area contributed by atoms with Gasteiger partial charge in [-0.15, -0.1) is 5.10 Å². The molecule has 8 nitrogen and oxygen atoms in total. The van der Waals surface area contributed by atoms with Crippen LogP contribution in [0.25, 0.3) is 16.8 Å². The van der Waals surface area contributed by atoms with Crippen LogP contribution in [0.5, 0.6) is 0 Å². The van der Waals surface area contributed by atoms with Gasteiger partial charge in [0.15, 0.2) is 0 Å². The first kappa shape index (κ1) is 19.0. The van der Waals surface area contributed by atoms with Crippen molar-refractivity contribution in [1.29, 1.82) is 0 Å². The van der Waals surface area contributed by atoms with E-state index in [1.54, 1.807) is 24.3 Å². The van der Waals surface area contributed by atoms with Gasteiger partial charge >= 0.3 is 0 Å². The van der Waals surface area contributed by atoms with E-state index in [9.17, 15) is 9.59 Å². The number of hydrogen-bond acceptors (Lipinski definition) is 5. The van der Waals surface area contributed by atoms with Gasteiger partial charge in [0.2, 0.25) is 5.91 Å². The van der Waals surface area contributed by atoms with E-state index in [-0.39, 0.29) is 12.3 Å². The fourth-order valence-electron chi connectivity index (χ4n) is 2.92. The summed E-state index contributed by atoms with van der Waals surface area (Å²) in [4.78, 5) is 24.4. The third kappa shape index (κ3) is 4.56. The fraction of sp³-hybridized carbons (Fsp3) is 0.0455. The normalized spacial score (nSPS) is 10.4. The highest BCUT2D eigenvalue weighted by molar-refractivity contribution is 5.95. The number of rotatable bonds is 5. The molecule has 0 radical (unpaired) electrons. The lowest BCUT2D eigenvalue weighted by Gasteiger charge is -2.09. The molecular weight excluding hydrogens is 380 g/mol. The summed E-state index contributed by atoms with van der Waals surface area (Å²) in [6.45, 7) is 0. The van der Waals surface area contributed by atoms with Gasteiger partial charge in [0.25, 0.3) is 5.91 Å². The Kier molecular flexibility index (Phi) is 5.56. The van der Waals surface area contributed by atoms with Gasteiger partial charge < -0.3 is 0 Å². The summed E-state index contributed by atoms with van der Waals surface area (Å²) >= 11 is 0. The molecule has 0 aliphatic carbocycles. The molecule has 0 aliphatic rings. The highest BCUT2D eigenvalue weighted by atomic mass is 16.2. The van der Waals surface area contributed by atoms with Crippen molar-refractivity contribution in [2.24, 2.45) is 0 Å². The molecule has 0 spiro atoms. The summed E-state index contributed by atoms with van der Waals surface area (Å²) in [5, 5.41) is 10.9. The zero-order valence-corrected chi connectivity index (χ0v) is 15.9. The number of nitrogens with zero attached hydrogens (tertiary/aromatic N) is 4. The molecule has 0 aliphatic heterocycles. The molecule has 0 atom stereocenters. The molecule has 0 unspecified atom stereocenters. The summed E-state index contributed by atoms with van der Waals surface area (Å²) in [7, 11) is 0. The molecule has 30 heavy (non-hydrogen) atoms. The van der Waals surface area contributed by atoms with Crippen molar-refractivity contribution in [3.8, 4) is 16.8 Å². The van der Waals surface area contributed by atoms with Gasteiger partial charge in [0.1, 0.15) is 6.33 Å². The van der Waals surface area contributed by atoms with Crippen LogP contribution in [0.2, 0.25) is 0 Å². The second-order valence-electron chi connectivity index (χ2n) is 6.54. The first-order chi connectivity index (χ1) is 14.7. The first-order valence-corrected chi connectivity index (χ1v) is 9.26. The van der Waals surface area contributed by atoms with E-state index in [0.717, 1.165) is 22.4 Å². The molecular formula is C22H18N6O2. The molecule has 1 heterocycles.